The first-order chi connectivity index (χ1) is 10.4. The molecule has 0 spiro atoms. The van der Waals surface area contributed by atoms with Gasteiger partial charge in [0.25, 0.3) is 0 Å². The summed E-state index contributed by atoms with van der Waals surface area (Å²) in [5, 5.41) is 31.5. The van der Waals surface area contributed by atoms with E-state index in [0.29, 0.717) is 25.1 Å². The monoisotopic (exact) mass is 310 g/mol. The molecule has 0 amide bonds. The summed E-state index contributed by atoms with van der Waals surface area (Å²) in [6.07, 6.45) is 4.64. The Morgan fingerprint density at radius 3 is 2.73 bits per heavy atom. The number of hydrogen-bond donors (Lipinski definition) is 4. The van der Waals surface area contributed by atoms with Gasteiger partial charge in [0.05, 0.1) is 19.1 Å². The molecule has 0 saturated carbocycles. The molecule has 22 heavy (non-hydrogen) atoms. The fraction of sp³-hybridized carbons (Fsp3) is 0.500. The fourth-order valence-electron chi connectivity index (χ4n) is 2.88. The van der Waals surface area contributed by atoms with Gasteiger partial charge in [0, 0.05) is 19.3 Å². The van der Waals surface area contributed by atoms with Crippen molar-refractivity contribution in [3.63, 3.8) is 0 Å². The quantitative estimate of drug-likeness (QED) is 0.429. The van der Waals surface area contributed by atoms with E-state index in [0.717, 1.165) is 11.3 Å². The molecule has 0 radical (unpaired) electrons. The Labute approximate surface area is 126 Å². The Balaban J connectivity index is 2.11. The molecular weight excluding hydrogens is 292 g/mol. The molecule has 0 aromatic carbocycles. The molecule has 0 bridgehead atoms. The molecule has 2 heterocycles. The van der Waals surface area contributed by atoms with Gasteiger partial charge in [0.15, 0.2) is 0 Å². The third-order valence-electron chi connectivity index (χ3n) is 4.02. The minimum absolute atomic E-state index is 0.162. The predicted octanol–water partition coefficient (Wildman–Crippen LogP) is -2.87. The van der Waals surface area contributed by atoms with Crippen LogP contribution in [0.5, 0.6) is 0 Å². The second-order valence-corrected chi connectivity index (χ2v) is 5.51. The van der Waals surface area contributed by atoms with Gasteiger partial charge in [-0.1, -0.05) is 0 Å². The van der Waals surface area contributed by atoms with Crippen LogP contribution in [0.1, 0.15) is 19.3 Å². The van der Waals surface area contributed by atoms with E-state index in [4.69, 9.17) is 10.2 Å². The van der Waals surface area contributed by atoms with Crippen LogP contribution >= 0.6 is 0 Å². The minimum Gasteiger partial charge on any atom is -0.544 e. The highest BCUT2D eigenvalue weighted by Crippen LogP contribution is 2.16. The lowest BCUT2D eigenvalue weighted by atomic mass is 10.00. The molecule has 4 N–H and O–H groups in total. The summed E-state index contributed by atoms with van der Waals surface area (Å²) in [6, 6.07) is -1.55. The highest BCUT2D eigenvalue weighted by atomic mass is 16.4. The summed E-state index contributed by atoms with van der Waals surface area (Å²) < 4.78 is 0. The molecule has 120 valence electrons. The van der Waals surface area contributed by atoms with Crippen LogP contribution in [-0.2, 0) is 14.4 Å². The smallest absolute Gasteiger partial charge is 0.351 e. The lowest BCUT2D eigenvalue weighted by molar-refractivity contribution is -0.899. The fourth-order valence-corrected chi connectivity index (χ4v) is 2.88. The maximum absolute atomic E-state index is 11.1. The van der Waals surface area contributed by atoms with Gasteiger partial charge in [-0.25, -0.2) is 9.59 Å². The van der Waals surface area contributed by atoms with Crippen LogP contribution < -0.4 is 15.3 Å². The van der Waals surface area contributed by atoms with Crippen molar-refractivity contribution >= 4 is 17.9 Å². The van der Waals surface area contributed by atoms with Crippen LogP contribution in [0.25, 0.3) is 0 Å². The van der Waals surface area contributed by atoms with Crippen LogP contribution in [0.3, 0.4) is 0 Å². The highest BCUT2D eigenvalue weighted by Gasteiger charge is 2.30. The van der Waals surface area contributed by atoms with Crippen molar-refractivity contribution in [1.29, 1.82) is 0 Å². The first-order valence-corrected chi connectivity index (χ1v) is 7.07. The number of likely N-dealkylation sites (tertiary alicyclic amines) is 1. The molecule has 3 atom stereocenters. The SMILES string of the molecule is O=C(O)C1=CC(=CC[NH+]2CCCC2C(=O)[O-])CC(C(=O)O)N1. The molecule has 0 aliphatic carbocycles. The number of aliphatic carboxylic acids is 3. The number of carboxylic acid groups (broad SMARTS) is 3. The number of hydrogen-bond acceptors (Lipinski definition) is 5. The van der Waals surface area contributed by atoms with Crippen molar-refractivity contribution in [2.45, 2.75) is 31.3 Å². The maximum Gasteiger partial charge on any atom is 0.351 e. The van der Waals surface area contributed by atoms with Crippen LogP contribution in [0.2, 0.25) is 0 Å². The summed E-state index contributed by atoms with van der Waals surface area (Å²) in [6.45, 7) is 1.11. The predicted molar refractivity (Wildman–Crippen MR) is 71.7 cm³/mol. The molecule has 2 aliphatic heterocycles. The molecule has 1 saturated heterocycles. The van der Waals surface area contributed by atoms with E-state index in [-0.39, 0.29) is 12.1 Å². The second kappa shape index (κ2) is 6.61. The van der Waals surface area contributed by atoms with Crippen molar-refractivity contribution in [2.75, 3.05) is 13.1 Å². The van der Waals surface area contributed by atoms with Gasteiger partial charge in [0.2, 0.25) is 0 Å². The average Bonchev–Trinajstić information content (AvgIpc) is 2.93. The van der Waals surface area contributed by atoms with Crippen LogP contribution in [-0.4, -0.2) is 53.3 Å². The molecule has 8 nitrogen and oxygen atoms in total. The number of carboxylic acids is 3. The third-order valence-corrected chi connectivity index (χ3v) is 4.02. The van der Waals surface area contributed by atoms with E-state index >= 15 is 0 Å². The normalized spacial score (nSPS) is 29.7. The van der Waals surface area contributed by atoms with Gasteiger partial charge in [-0.3, -0.25) is 0 Å². The van der Waals surface area contributed by atoms with E-state index in [1.54, 1.807) is 6.08 Å². The zero-order chi connectivity index (χ0) is 16.3. The third kappa shape index (κ3) is 3.64. The van der Waals surface area contributed by atoms with Gasteiger partial charge in [-0.15, -0.1) is 0 Å². The van der Waals surface area contributed by atoms with Crippen molar-refractivity contribution in [3.05, 3.63) is 23.4 Å². The Hall–Kier alpha value is -2.35. The zero-order valence-electron chi connectivity index (χ0n) is 11.9. The van der Waals surface area contributed by atoms with E-state index in [9.17, 15) is 19.5 Å². The van der Waals surface area contributed by atoms with Gasteiger partial charge in [0.1, 0.15) is 17.8 Å². The van der Waals surface area contributed by atoms with E-state index in [1.807, 2.05) is 0 Å². The number of carbonyl (C=O) groups excluding carboxylic acids is 1. The Morgan fingerprint density at radius 2 is 2.14 bits per heavy atom. The number of rotatable bonds is 5. The van der Waals surface area contributed by atoms with Crippen molar-refractivity contribution < 1.29 is 34.6 Å². The zero-order valence-corrected chi connectivity index (χ0v) is 11.9. The Kier molecular flexibility index (Phi) is 4.81. The molecule has 8 heteroatoms. The van der Waals surface area contributed by atoms with Crippen LogP contribution in [0, 0.1) is 0 Å². The molecule has 3 unspecified atom stereocenters. The summed E-state index contributed by atoms with van der Waals surface area (Å²) >= 11 is 0. The van der Waals surface area contributed by atoms with Gasteiger partial charge < -0.3 is 30.3 Å². The Morgan fingerprint density at radius 1 is 1.41 bits per heavy atom. The van der Waals surface area contributed by atoms with E-state index in [2.05, 4.69) is 5.32 Å². The van der Waals surface area contributed by atoms with E-state index < -0.39 is 30.0 Å². The van der Waals surface area contributed by atoms with Crippen LogP contribution in [0.4, 0.5) is 0 Å². The van der Waals surface area contributed by atoms with Crippen molar-refractivity contribution in [2.24, 2.45) is 0 Å². The number of allylic oxidation sites excluding steroid dienone is 1. The van der Waals surface area contributed by atoms with Gasteiger partial charge in [-0.05, 0) is 17.7 Å². The molecule has 0 aromatic heterocycles. The topological polar surface area (TPSA) is 131 Å². The van der Waals surface area contributed by atoms with Crippen molar-refractivity contribution in [1.82, 2.24) is 5.32 Å². The highest BCUT2D eigenvalue weighted by molar-refractivity contribution is 5.89. The number of carbonyl (C=O) groups is 3. The van der Waals surface area contributed by atoms with E-state index in [1.165, 1.54) is 6.08 Å². The molecule has 2 aliphatic rings. The lowest BCUT2D eigenvalue weighted by Gasteiger charge is -2.24. The second-order valence-electron chi connectivity index (χ2n) is 5.51. The van der Waals surface area contributed by atoms with Gasteiger partial charge >= 0.3 is 11.9 Å². The summed E-state index contributed by atoms with van der Waals surface area (Å²) in [4.78, 5) is 34.0. The minimum atomic E-state index is -1.22. The lowest BCUT2D eigenvalue weighted by Crippen LogP contribution is -3.15. The standard InChI is InChI=1S/C14H18N2O6/c17-12(18)9-6-8(7-10(15-9)13(19)20)3-5-16-4-1-2-11(16)14(21)22/h3,6,10-11,15H,1-2,4-5,7H2,(H,17,18)(H,19,20)(H,21,22). The van der Waals surface area contributed by atoms with Gasteiger partial charge in [-0.2, -0.15) is 0 Å². The molecule has 0 aromatic rings. The summed E-state index contributed by atoms with van der Waals surface area (Å²) in [5.74, 6) is -3.43. The molecule has 2 rings (SSSR count). The largest absolute Gasteiger partial charge is 0.544 e. The van der Waals surface area contributed by atoms with Crippen molar-refractivity contribution in [3.8, 4) is 0 Å². The maximum atomic E-state index is 11.1. The first-order valence-electron chi connectivity index (χ1n) is 7.07. The van der Waals surface area contributed by atoms with Crippen LogP contribution in [0.15, 0.2) is 23.4 Å². The molecule has 1 fully saturated rings. The summed E-state index contributed by atoms with van der Waals surface area (Å²) in [5.41, 5.74) is 0.415. The average molecular weight is 310 g/mol. The molecular formula is C14H18N2O6. The first kappa shape index (κ1) is 16.0. The number of nitrogens with one attached hydrogen (secondary N) is 2. The number of quaternary nitrogens is 1. The summed E-state index contributed by atoms with van der Waals surface area (Å²) in [7, 11) is 0. The Bertz CT molecular complexity index is 554.